The molecule has 0 heterocycles. The highest BCUT2D eigenvalue weighted by Crippen LogP contribution is 2.50. The van der Waals surface area contributed by atoms with E-state index in [2.05, 4.69) is 4.84 Å². The summed E-state index contributed by atoms with van der Waals surface area (Å²) in [6.45, 7) is 3.67. The number of hydrogen-bond donors (Lipinski definition) is 3. The van der Waals surface area contributed by atoms with Crippen LogP contribution in [-0.2, 0) is 19.3 Å². The minimum Gasteiger partial charge on any atom is -0.481 e. The SMILES string of the molecule is CC(C)(CCCCCC(CCCCCC1(C(=O)O)CC1)ON)C(=O)ON. The Hall–Kier alpha value is -1.18. The van der Waals surface area contributed by atoms with Gasteiger partial charge in [-0.1, -0.05) is 38.5 Å². The van der Waals surface area contributed by atoms with Crippen LogP contribution in [0.3, 0.4) is 0 Å². The average Bonchev–Trinajstić information content (AvgIpc) is 3.39. The largest absolute Gasteiger partial charge is 0.481 e. The maximum atomic E-state index is 11.5. The maximum absolute atomic E-state index is 11.5. The van der Waals surface area contributed by atoms with Gasteiger partial charge in [-0.3, -0.25) is 4.79 Å². The fraction of sp³-hybridized carbons (Fsp3) is 0.895. The van der Waals surface area contributed by atoms with E-state index in [9.17, 15) is 9.59 Å². The minimum atomic E-state index is -0.636. The highest BCUT2D eigenvalue weighted by molar-refractivity contribution is 5.77. The second-order valence-corrected chi connectivity index (χ2v) is 8.33. The molecule has 26 heavy (non-hydrogen) atoms. The lowest BCUT2D eigenvalue weighted by atomic mass is 9.87. The van der Waals surface area contributed by atoms with Crippen molar-refractivity contribution < 1.29 is 24.4 Å². The summed E-state index contributed by atoms with van der Waals surface area (Å²) in [4.78, 5) is 32.0. The van der Waals surface area contributed by atoms with Crippen LogP contribution in [0.1, 0.15) is 90.9 Å². The van der Waals surface area contributed by atoms with Crippen LogP contribution in [0, 0.1) is 10.8 Å². The van der Waals surface area contributed by atoms with E-state index in [0.29, 0.717) is 0 Å². The van der Waals surface area contributed by atoms with Crippen molar-refractivity contribution in [1.82, 2.24) is 0 Å². The summed E-state index contributed by atoms with van der Waals surface area (Å²) >= 11 is 0. The van der Waals surface area contributed by atoms with Gasteiger partial charge in [0.05, 0.1) is 16.9 Å². The molecule has 7 nitrogen and oxygen atoms in total. The average molecular weight is 373 g/mol. The van der Waals surface area contributed by atoms with Gasteiger partial charge < -0.3 is 14.8 Å². The third-order valence-electron chi connectivity index (χ3n) is 5.67. The second kappa shape index (κ2) is 10.8. The molecular weight excluding hydrogens is 336 g/mol. The highest BCUT2D eigenvalue weighted by Gasteiger charge is 2.49. The van der Waals surface area contributed by atoms with Gasteiger partial charge in [0.1, 0.15) is 0 Å². The van der Waals surface area contributed by atoms with E-state index in [1.165, 1.54) is 0 Å². The number of carboxylic acids is 1. The van der Waals surface area contributed by atoms with E-state index in [1.807, 2.05) is 13.8 Å². The number of carbonyl (C=O) groups excluding carboxylic acids is 1. The Kier molecular flexibility index (Phi) is 9.54. The van der Waals surface area contributed by atoms with Crippen LogP contribution in [0.2, 0.25) is 0 Å². The zero-order chi connectivity index (χ0) is 19.6. The molecule has 0 amide bonds. The van der Waals surface area contributed by atoms with Crippen LogP contribution in [0.15, 0.2) is 0 Å². The molecule has 0 bridgehead atoms. The Balaban J connectivity index is 2.06. The number of carboxylic acid groups (broad SMARTS) is 1. The van der Waals surface area contributed by atoms with E-state index in [1.54, 1.807) is 0 Å². The van der Waals surface area contributed by atoms with Crippen LogP contribution in [0.5, 0.6) is 0 Å². The van der Waals surface area contributed by atoms with E-state index in [-0.39, 0.29) is 12.1 Å². The predicted molar refractivity (Wildman–Crippen MR) is 98.6 cm³/mol. The predicted octanol–water partition coefficient (Wildman–Crippen LogP) is 3.45. The molecule has 7 heteroatoms. The Bertz CT molecular complexity index is 449. The van der Waals surface area contributed by atoms with E-state index >= 15 is 0 Å². The first-order valence-corrected chi connectivity index (χ1v) is 9.77. The maximum Gasteiger partial charge on any atom is 0.329 e. The first kappa shape index (κ1) is 22.9. The van der Waals surface area contributed by atoms with Crippen LogP contribution in [0.4, 0.5) is 0 Å². The highest BCUT2D eigenvalue weighted by atomic mass is 16.7. The summed E-state index contributed by atoms with van der Waals surface area (Å²) in [5.74, 6) is 9.33. The van der Waals surface area contributed by atoms with E-state index in [0.717, 1.165) is 77.0 Å². The number of aliphatic carboxylic acids is 1. The molecule has 152 valence electrons. The Morgan fingerprint density at radius 3 is 2.08 bits per heavy atom. The summed E-state index contributed by atoms with van der Waals surface area (Å²) in [6.07, 6.45) is 10.9. The topological polar surface area (TPSA) is 125 Å². The van der Waals surface area contributed by atoms with Crippen molar-refractivity contribution in [3.05, 3.63) is 0 Å². The summed E-state index contributed by atoms with van der Waals surface area (Å²) in [6, 6.07) is 0. The molecule has 0 aliphatic heterocycles. The smallest absolute Gasteiger partial charge is 0.329 e. The van der Waals surface area contributed by atoms with E-state index in [4.69, 9.17) is 21.7 Å². The zero-order valence-corrected chi connectivity index (χ0v) is 16.3. The second-order valence-electron chi connectivity index (χ2n) is 8.33. The monoisotopic (exact) mass is 372 g/mol. The molecule has 1 unspecified atom stereocenters. The summed E-state index contributed by atoms with van der Waals surface area (Å²) in [5.41, 5.74) is -0.957. The lowest BCUT2D eigenvalue weighted by Gasteiger charge is -2.20. The minimum absolute atomic E-state index is 0.0476. The molecule has 0 aromatic carbocycles. The summed E-state index contributed by atoms with van der Waals surface area (Å²) in [5, 5.41) is 9.15. The van der Waals surface area contributed by atoms with Gasteiger partial charge in [0, 0.05) is 0 Å². The molecule has 1 rings (SSSR count). The summed E-state index contributed by atoms with van der Waals surface area (Å²) in [7, 11) is 0. The van der Waals surface area contributed by atoms with Gasteiger partial charge in [-0.2, -0.15) is 5.90 Å². The van der Waals surface area contributed by atoms with Gasteiger partial charge in [-0.15, -0.1) is 0 Å². The molecule has 0 aromatic heterocycles. The Labute approximate surface area is 156 Å². The van der Waals surface area contributed by atoms with Crippen LogP contribution in [-0.4, -0.2) is 23.1 Å². The fourth-order valence-corrected chi connectivity index (χ4v) is 3.39. The molecular formula is C19H36N2O5. The van der Waals surface area contributed by atoms with Crippen molar-refractivity contribution in [3.8, 4) is 0 Å². The van der Waals surface area contributed by atoms with E-state index < -0.39 is 16.8 Å². The molecule has 0 radical (unpaired) electrons. The third-order valence-corrected chi connectivity index (χ3v) is 5.67. The van der Waals surface area contributed by atoms with Gasteiger partial charge >= 0.3 is 11.9 Å². The van der Waals surface area contributed by atoms with Gasteiger partial charge in [0.2, 0.25) is 0 Å². The van der Waals surface area contributed by atoms with Crippen molar-refractivity contribution in [3.63, 3.8) is 0 Å². The van der Waals surface area contributed by atoms with Gasteiger partial charge in [0.25, 0.3) is 0 Å². The van der Waals surface area contributed by atoms with Crippen molar-refractivity contribution in [2.75, 3.05) is 0 Å². The number of hydrogen-bond acceptors (Lipinski definition) is 6. The normalized spacial score (nSPS) is 16.9. The first-order valence-electron chi connectivity index (χ1n) is 9.77. The molecule has 1 aliphatic rings. The van der Waals surface area contributed by atoms with Crippen molar-refractivity contribution in [2.45, 2.75) is 97.0 Å². The van der Waals surface area contributed by atoms with Crippen molar-refractivity contribution in [1.29, 1.82) is 0 Å². The van der Waals surface area contributed by atoms with Gasteiger partial charge in [0.15, 0.2) is 0 Å². The zero-order valence-electron chi connectivity index (χ0n) is 16.3. The van der Waals surface area contributed by atoms with Crippen molar-refractivity contribution >= 4 is 11.9 Å². The van der Waals surface area contributed by atoms with Crippen LogP contribution < -0.4 is 11.8 Å². The molecule has 1 fully saturated rings. The number of unbranched alkanes of at least 4 members (excludes halogenated alkanes) is 4. The Morgan fingerprint density at radius 1 is 1.04 bits per heavy atom. The first-order chi connectivity index (χ1) is 12.3. The summed E-state index contributed by atoms with van der Waals surface area (Å²) < 4.78 is 0. The third kappa shape index (κ3) is 7.60. The molecule has 1 atom stereocenters. The van der Waals surface area contributed by atoms with Crippen LogP contribution in [0.25, 0.3) is 0 Å². The number of nitrogens with two attached hydrogens (primary N) is 2. The molecule has 0 spiro atoms. The lowest BCUT2D eigenvalue weighted by molar-refractivity contribution is -0.155. The molecule has 0 saturated heterocycles. The fourth-order valence-electron chi connectivity index (χ4n) is 3.39. The van der Waals surface area contributed by atoms with Crippen molar-refractivity contribution in [2.24, 2.45) is 22.6 Å². The molecule has 0 aromatic rings. The van der Waals surface area contributed by atoms with Crippen LogP contribution >= 0.6 is 0 Å². The number of rotatable bonds is 15. The number of carbonyl (C=O) groups is 2. The standard InChI is InChI=1S/C19H36N2O5/c1-18(2,17(24)26-21)11-7-3-5-9-15(25-20)10-6-4-8-12-19(13-14-19)16(22)23/h15H,3-14,20-21H2,1-2H3,(H,22,23). The quantitative estimate of drug-likeness (QED) is 0.297. The molecule has 5 N–H and O–H groups in total. The molecule has 1 aliphatic carbocycles. The molecule has 1 saturated carbocycles. The van der Waals surface area contributed by atoms with Gasteiger partial charge in [-0.25, -0.2) is 10.7 Å². The lowest BCUT2D eigenvalue weighted by Crippen LogP contribution is -2.28. The Morgan fingerprint density at radius 2 is 1.62 bits per heavy atom. The van der Waals surface area contributed by atoms with Gasteiger partial charge in [-0.05, 0) is 52.4 Å².